The Morgan fingerprint density at radius 2 is 2.14 bits per heavy atom. The Hall–Kier alpha value is -1.13. The van der Waals surface area contributed by atoms with E-state index >= 15 is 0 Å². The van der Waals surface area contributed by atoms with Crippen LogP contribution in [0.1, 0.15) is 57.9 Å². The van der Waals surface area contributed by atoms with E-state index < -0.39 is 22.9 Å². The van der Waals surface area contributed by atoms with Gasteiger partial charge in [-0.3, -0.25) is 4.65 Å². The van der Waals surface area contributed by atoms with E-state index in [4.69, 9.17) is 9.47 Å². The molecule has 4 unspecified atom stereocenters. The predicted octanol–water partition coefficient (Wildman–Crippen LogP) is 3.05. The molecule has 0 radical (unpaired) electrons. The number of aromatic nitrogens is 2. The van der Waals surface area contributed by atoms with Crippen molar-refractivity contribution in [1.82, 2.24) is 19.7 Å². The summed E-state index contributed by atoms with van der Waals surface area (Å²) in [6.07, 6.45) is 4.10. The number of carbonyl (C=O) groups excluding carboxylic acids is 1. The molecular weight excluding hydrogens is 380 g/mol. The number of hydrogen-bond acceptors (Lipinski definition) is 8. The number of hydroxylamine groups is 2. The van der Waals surface area contributed by atoms with E-state index in [1.165, 1.54) is 11.3 Å². The van der Waals surface area contributed by atoms with Crippen molar-refractivity contribution in [2.45, 2.75) is 71.6 Å². The van der Waals surface area contributed by atoms with Crippen LogP contribution >= 0.6 is 11.3 Å². The first-order valence-corrected chi connectivity index (χ1v) is 11.3. The maximum atomic E-state index is 13.8. The molecular formula is C19H32N4O4S. The van der Waals surface area contributed by atoms with Crippen LogP contribution in [0.3, 0.4) is 0 Å². The standard InChI is InChI=1S/C19H32N4O4S/c1-4-7-14-9-11-26-17(14)18(24)27-16-12-22(10-6-3)13-23(16,25)19-21-20-15(28-19)8-5-2/h14,16-17H,4-13H2,1-3H3. The third-order valence-electron chi connectivity index (χ3n) is 5.43. The third-order valence-corrected chi connectivity index (χ3v) is 6.53. The molecule has 0 bridgehead atoms. The molecule has 9 heteroatoms. The van der Waals surface area contributed by atoms with Crippen molar-refractivity contribution in [2.75, 3.05) is 26.4 Å². The average Bonchev–Trinajstić information content (AvgIpc) is 3.37. The van der Waals surface area contributed by atoms with Gasteiger partial charge in [0.05, 0.1) is 6.54 Å². The van der Waals surface area contributed by atoms with Crippen LogP contribution in [0, 0.1) is 11.1 Å². The molecule has 2 fully saturated rings. The quantitative estimate of drug-likeness (QED) is 0.350. The van der Waals surface area contributed by atoms with Gasteiger partial charge in [-0.05, 0) is 42.9 Å². The number of nitrogens with zero attached hydrogens (tertiary/aromatic N) is 4. The minimum absolute atomic E-state index is 0.178. The second kappa shape index (κ2) is 9.58. The highest BCUT2D eigenvalue weighted by atomic mass is 32.1. The Morgan fingerprint density at radius 1 is 1.32 bits per heavy atom. The zero-order valence-corrected chi connectivity index (χ0v) is 17.9. The van der Waals surface area contributed by atoms with Crippen molar-refractivity contribution >= 4 is 22.4 Å². The van der Waals surface area contributed by atoms with Crippen LogP contribution in [0.15, 0.2) is 0 Å². The SMILES string of the molecule is CCCc1nnc([N+]2([O-])CN(CCC)CC2OC(=O)C2OCCC2CCC)s1. The zero-order valence-electron chi connectivity index (χ0n) is 17.1. The highest BCUT2D eigenvalue weighted by Gasteiger charge is 2.48. The van der Waals surface area contributed by atoms with E-state index in [9.17, 15) is 10.0 Å². The van der Waals surface area contributed by atoms with Crippen molar-refractivity contribution in [2.24, 2.45) is 5.92 Å². The van der Waals surface area contributed by atoms with Gasteiger partial charge < -0.3 is 14.7 Å². The number of esters is 1. The van der Waals surface area contributed by atoms with Crippen molar-refractivity contribution < 1.29 is 14.3 Å². The average molecular weight is 413 g/mol. The van der Waals surface area contributed by atoms with Gasteiger partial charge in [-0.2, -0.15) is 0 Å². The molecule has 3 heterocycles. The summed E-state index contributed by atoms with van der Waals surface area (Å²) in [5.74, 6) is -0.229. The van der Waals surface area contributed by atoms with E-state index in [1.807, 2.05) is 4.90 Å². The Bertz CT molecular complexity index is 658. The van der Waals surface area contributed by atoms with Gasteiger partial charge in [-0.25, -0.2) is 9.69 Å². The number of hydrogen-bond donors (Lipinski definition) is 0. The zero-order chi connectivity index (χ0) is 20.1. The normalized spacial score (nSPS) is 30.8. The smallest absolute Gasteiger partial charge is 0.340 e. The first-order chi connectivity index (χ1) is 13.5. The highest BCUT2D eigenvalue weighted by Crippen LogP contribution is 2.35. The summed E-state index contributed by atoms with van der Waals surface area (Å²) in [7, 11) is 0. The molecule has 2 aliphatic heterocycles. The van der Waals surface area contributed by atoms with Crippen molar-refractivity contribution in [1.29, 1.82) is 0 Å². The summed E-state index contributed by atoms with van der Waals surface area (Å²) in [6.45, 7) is 8.25. The van der Waals surface area contributed by atoms with Gasteiger partial charge in [-0.1, -0.05) is 32.3 Å². The summed E-state index contributed by atoms with van der Waals surface area (Å²) in [6, 6.07) is 0. The van der Waals surface area contributed by atoms with Gasteiger partial charge in [0.25, 0.3) is 6.23 Å². The second-order valence-electron chi connectivity index (χ2n) is 7.76. The number of aryl methyl sites for hydroxylation is 1. The molecule has 3 rings (SSSR count). The molecule has 0 N–H and O–H groups in total. The van der Waals surface area contributed by atoms with Crippen LogP contribution in [-0.4, -0.2) is 59.8 Å². The Kier molecular flexibility index (Phi) is 7.38. The number of quaternary nitrogens is 1. The van der Waals surface area contributed by atoms with Crippen LogP contribution in [0.5, 0.6) is 0 Å². The van der Waals surface area contributed by atoms with Gasteiger partial charge in [0.15, 0.2) is 6.10 Å². The molecule has 158 valence electrons. The van der Waals surface area contributed by atoms with Gasteiger partial charge in [0.2, 0.25) is 0 Å². The summed E-state index contributed by atoms with van der Waals surface area (Å²) in [5.41, 5.74) is 0. The maximum absolute atomic E-state index is 13.8. The lowest BCUT2D eigenvalue weighted by atomic mass is 9.96. The molecule has 1 aromatic heterocycles. The highest BCUT2D eigenvalue weighted by molar-refractivity contribution is 7.15. The molecule has 2 saturated heterocycles. The first kappa shape index (κ1) is 21.6. The van der Waals surface area contributed by atoms with Crippen LogP contribution in [0.2, 0.25) is 0 Å². The molecule has 4 atom stereocenters. The molecule has 0 amide bonds. The monoisotopic (exact) mass is 412 g/mol. The largest absolute Gasteiger partial charge is 0.622 e. The van der Waals surface area contributed by atoms with Gasteiger partial charge in [0, 0.05) is 19.6 Å². The van der Waals surface area contributed by atoms with Crippen LogP contribution < -0.4 is 4.65 Å². The third kappa shape index (κ3) is 4.54. The summed E-state index contributed by atoms with van der Waals surface area (Å²) in [4.78, 5) is 14.9. The van der Waals surface area contributed by atoms with E-state index in [2.05, 4.69) is 31.0 Å². The summed E-state index contributed by atoms with van der Waals surface area (Å²) < 4.78 is 10.7. The Balaban J connectivity index is 1.76. The summed E-state index contributed by atoms with van der Waals surface area (Å²) in [5, 5.41) is 23.3. The lowest BCUT2D eigenvalue weighted by molar-refractivity contribution is -0.166. The van der Waals surface area contributed by atoms with Gasteiger partial charge in [-0.15, -0.1) is 5.10 Å². The van der Waals surface area contributed by atoms with Crippen LogP contribution in [-0.2, 0) is 20.7 Å². The fraction of sp³-hybridized carbons (Fsp3) is 0.842. The van der Waals surface area contributed by atoms with E-state index in [1.54, 1.807) is 0 Å². The van der Waals surface area contributed by atoms with Crippen molar-refractivity contribution in [3.05, 3.63) is 10.2 Å². The molecule has 0 aromatic carbocycles. The minimum Gasteiger partial charge on any atom is -0.622 e. The van der Waals surface area contributed by atoms with E-state index in [-0.39, 0.29) is 12.6 Å². The minimum atomic E-state index is -0.826. The topological polar surface area (TPSA) is 87.6 Å². The lowest BCUT2D eigenvalue weighted by Crippen LogP contribution is -2.52. The number of ether oxygens (including phenoxy) is 2. The fourth-order valence-electron chi connectivity index (χ4n) is 4.06. The predicted molar refractivity (Wildman–Crippen MR) is 108 cm³/mol. The van der Waals surface area contributed by atoms with Gasteiger partial charge >= 0.3 is 11.1 Å². The number of rotatable bonds is 9. The summed E-state index contributed by atoms with van der Waals surface area (Å²) >= 11 is 1.33. The van der Waals surface area contributed by atoms with Gasteiger partial charge in [0.1, 0.15) is 11.7 Å². The van der Waals surface area contributed by atoms with E-state index in [0.717, 1.165) is 50.1 Å². The molecule has 0 saturated carbocycles. The molecule has 28 heavy (non-hydrogen) atoms. The Labute approximate surface area is 171 Å². The second-order valence-corrected chi connectivity index (χ2v) is 8.80. The van der Waals surface area contributed by atoms with Crippen LogP contribution in [0.4, 0.5) is 5.13 Å². The molecule has 8 nitrogen and oxygen atoms in total. The van der Waals surface area contributed by atoms with Crippen molar-refractivity contribution in [3.63, 3.8) is 0 Å². The molecule has 0 spiro atoms. The number of carbonyl (C=O) groups is 1. The first-order valence-electron chi connectivity index (χ1n) is 10.5. The maximum Gasteiger partial charge on any atom is 0.340 e. The van der Waals surface area contributed by atoms with Crippen molar-refractivity contribution in [3.8, 4) is 0 Å². The Morgan fingerprint density at radius 3 is 2.86 bits per heavy atom. The van der Waals surface area contributed by atoms with Crippen LogP contribution in [0.25, 0.3) is 0 Å². The molecule has 2 aliphatic rings. The lowest BCUT2D eigenvalue weighted by Gasteiger charge is -2.38. The fourth-order valence-corrected chi connectivity index (χ4v) is 5.07. The molecule has 0 aliphatic carbocycles. The van der Waals surface area contributed by atoms with E-state index in [0.29, 0.717) is 18.3 Å². The molecule has 1 aromatic rings.